The number of rotatable bonds is 7. The zero-order valence-electron chi connectivity index (χ0n) is 20.3. The number of carbonyl (C=O) groups excluding carboxylic acids is 1. The fourth-order valence-corrected chi connectivity index (χ4v) is 4.13. The zero-order valence-corrected chi connectivity index (χ0v) is 20.3. The Labute approximate surface area is 202 Å². The van der Waals surface area contributed by atoms with Crippen molar-refractivity contribution in [3.05, 3.63) is 36.4 Å². The molecule has 1 fully saturated rings. The van der Waals surface area contributed by atoms with E-state index in [9.17, 15) is 9.18 Å². The molecule has 1 aliphatic heterocycles. The maximum Gasteiger partial charge on any atom is 0.412 e. The Bertz CT molecular complexity index is 1230. The first-order valence-corrected chi connectivity index (χ1v) is 11.3. The maximum atomic E-state index is 14.0. The molecular formula is C24H31FN6O4. The van der Waals surface area contributed by atoms with Crippen LogP contribution in [0.2, 0.25) is 0 Å². The van der Waals surface area contributed by atoms with Gasteiger partial charge in [-0.05, 0) is 32.9 Å². The summed E-state index contributed by atoms with van der Waals surface area (Å²) < 4.78 is 26.7. The number of aliphatic hydroxyl groups is 1. The lowest BCUT2D eigenvalue weighted by atomic mass is 9.97. The quantitative estimate of drug-likeness (QED) is 0.465. The first-order chi connectivity index (χ1) is 16.5. The normalized spacial score (nSPS) is 15.6. The number of benzene rings is 1. The van der Waals surface area contributed by atoms with E-state index < -0.39 is 24.0 Å². The van der Waals surface area contributed by atoms with Gasteiger partial charge in [0.15, 0.2) is 5.67 Å². The summed E-state index contributed by atoms with van der Waals surface area (Å²) in [5, 5.41) is 11.8. The SMILES string of the molecule is COc1cc(-c2nc(CCN3CC(F)(CO)C3)n3ccnc(N)c23)ccc1NC(=O)OC(C)(C)C. The standard InChI is InChI=1S/C24H31FN6O4/c1-23(2,3)35-22(33)28-16-6-5-15(11-17(16)34-4)19-20-21(26)27-8-10-31(20)18(29-19)7-9-30-12-24(25,13-30)14-32/h5-6,8,10-11,32H,7,9,12-14H2,1-4H3,(H2,26,27)(H,28,33). The van der Waals surface area contributed by atoms with Crippen LogP contribution < -0.4 is 15.8 Å². The van der Waals surface area contributed by atoms with Crippen molar-refractivity contribution >= 4 is 23.1 Å². The number of hydrogen-bond acceptors (Lipinski definition) is 8. The van der Waals surface area contributed by atoms with Crippen molar-refractivity contribution in [3.63, 3.8) is 0 Å². The molecule has 0 bridgehead atoms. The molecule has 1 amide bonds. The summed E-state index contributed by atoms with van der Waals surface area (Å²) in [6, 6.07) is 5.28. The van der Waals surface area contributed by atoms with E-state index in [2.05, 4.69) is 10.3 Å². The average molecular weight is 487 g/mol. The number of halogens is 1. The number of anilines is 2. The van der Waals surface area contributed by atoms with Gasteiger partial charge in [0.2, 0.25) is 0 Å². The summed E-state index contributed by atoms with van der Waals surface area (Å²) >= 11 is 0. The number of nitrogen functional groups attached to an aromatic ring is 1. The van der Waals surface area contributed by atoms with E-state index in [1.165, 1.54) is 7.11 Å². The summed E-state index contributed by atoms with van der Waals surface area (Å²) in [7, 11) is 1.51. The lowest BCUT2D eigenvalue weighted by Gasteiger charge is -2.43. The molecule has 1 aliphatic rings. The molecule has 3 heterocycles. The molecule has 1 aromatic carbocycles. The van der Waals surface area contributed by atoms with E-state index in [0.29, 0.717) is 41.4 Å². The predicted octanol–water partition coefficient (Wildman–Crippen LogP) is 2.89. The highest BCUT2D eigenvalue weighted by Gasteiger charge is 2.42. The van der Waals surface area contributed by atoms with Gasteiger partial charge in [-0.1, -0.05) is 6.07 Å². The van der Waals surface area contributed by atoms with Gasteiger partial charge in [-0.25, -0.2) is 19.2 Å². The Morgan fingerprint density at radius 3 is 2.74 bits per heavy atom. The molecule has 11 heteroatoms. The third-order valence-electron chi connectivity index (χ3n) is 5.72. The van der Waals surface area contributed by atoms with Crippen LogP contribution in [0.4, 0.5) is 20.7 Å². The van der Waals surface area contributed by atoms with E-state index in [4.69, 9.17) is 25.3 Å². The Morgan fingerprint density at radius 2 is 2.09 bits per heavy atom. The first kappa shape index (κ1) is 24.7. The van der Waals surface area contributed by atoms with Gasteiger partial charge in [-0.2, -0.15) is 0 Å². The lowest BCUT2D eigenvalue weighted by molar-refractivity contribution is -0.0660. The van der Waals surface area contributed by atoms with Gasteiger partial charge in [0.05, 0.1) is 19.4 Å². The molecule has 4 rings (SSSR count). The van der Waals surface area contributed by atoms with Gasteiger partial charge in [0, 0.05) is 44.0 Å². The Hall–Kier alpha value is -3.44. The zero-order chi connectivity index (χ0) is 25.4. The highest BCUT2D eigenvalue weighted by Crippen LogP contribution is 2.34. The van der Waals surface area contributed by atoms with Gasteiger partial charge in [-0.15, -0.1) is 0 Å². The summed E-state index contributed by atoms with van der Waals surface area (Å²) in [5.41, 5.74) is 6.52. The Morgan fingerprint density at radius 1 is 1.34 bits per heavy atom. The number of nitrogens with one attached hydrogen (secondary N) is 1. The van der Waals surface area contributed by atoms with Crippen molar-refractivity contribution in [2.45, 2.75) is 38.5 Å². The van der Waals surface area contributed by atoms with Gasteiger partial charge in [-0.3, -0.25) is 14.6 Å². The Balaban J connectivity index is 1.61. The molecular weight excluding hydrogens is 455 g/mol. The highest BCUT2D eigenvalue weighted by molar-refractivity contribution is 5.90. The fourth-order valence-electron chi connectivity index (χ4n) is 4.13. The van der Waals surface area contributed by atoms with Crippen LogP contribution >= 0.6 is 0 Å². The second-order valence-electron chi connectivity index (χ2n) is 9.72. The number of amides is 1. The minimum absolute atomic E-state index is 0.201. The van der Waals surface area contributed by atoms with Crippen LogP contribution in [0.3, 0.4) is 0 Å². The molecule has 0 saturated carbocycles. The molecule has 0 radical (unpaired) electrons. The molecule has 10 nitrogen and oxygen atoms in total. The largest absolute Gasteiger partial charge is 0.495 e. The molecule has 1 saturated heterocycles. The number of aromatic nitrogens is 3. The molecule has 0 unspecified atom stereocenters. The summed E-state index contributed by atoms with van der Waals surface area (Å²) in [5.74, 6) is 1.50. The van der Waals surface area contributed by atoms with Crippen LogP contribution in [0.1, 0.15) is 26.6 Å². The molecule has 188 valence electrons. The number of alkyl halides is 1. The monoisotopic (exact) mass is 486 g/mol. The third kappa shape index (κ3) is 5.30. The first-order valence-electron chi connectivity index (χ1n) is 11.3. The summed E-state index contributed by atoms with van der Waals surface area (Å²) in [4.78, 5) is 23.2. The number of imidazole rings is 1. The third-order valence-corrected chi connectivity index (χ3v) is 5.72. The molecule has 35 heavy (non-hydrogen) atoms. The van der Waals surface area contributed by atoms with Crippen molar-refractivity contribution in [2.75, 3.05) is 44.4 Å². The summed E-state index contributed by atoms with van der Waals surface area (Å²) in [6.07, 6.45) is 3.36. The van der Waals surface area contributed by atoms with E-state index >= 15 is 0 Å². The van der Waals surface area contributed by atoms with Crippen LogP contribution in [0.5, 0.6) is 5.75 Å². The van der Waals surface area contributed by atoms with Gasteiger partial charge in [0.1, 0.15) is 34.2 Å². The molecule has 2 aromatic heterocycles. The predicted molar refractivity (Wildman–Crippen MR) is 130 cm³/mol. The van der Waals surface area contributed by atoms with E-state index in [0.717, 1.165) is 11.4 Å². The number of methoxy groups -OCH3 is 1. The van der Waals surface area contributed by atoms with Gasteiger partial charge < -0.3 is 20.3 Å². The number of nitrogens with two attached hydrogens (primary N) is 1. The number of carbonyl (C=O) groups is 1. The van der Waals surface area contributed by atoms with Crippen molar-refractivity contribution < 1.29 is 23.8 Å². The lowest BCUT2D eigenvalue weighted by Crippen LogP contribution is -2.61. The van der Waals surface area contributed by atoms with Crippen LogP contribution in [0.25, 0.3) is 16.8 Å². The minimum Gasteiger partial charge on any atom is -0.495 e. The summed E-state index contributed by atoms with van der Waals surface area (Å²) in [6.45, 7) is 5.89. The van der Waals surface area contributed by atoms with Crippen LogP contribution in [-0.4, -0.2) is 75.1 Å². The maximum absolute atomic E-state index is 14.0. The topological polar surface area (TPSA) is 127 Å². The smallest absolute Gasteiger partial charge is 0.412 e. The number of nitrogens with zero attached hydrogens (tertiary/aromatic N) is 4. The molecule has 4 N–H and O–H groups in total. The van der Waals surface area contributed by atoms with Crippen molar-refractivity contribution in [1.82, 2.24) is 19.3 Å². The van der Waals surface area contributed by atoms with Crippen molar-refractivity contribution in [3.8, 4) is 17.0 Å². The van der Waals surface area contributed by atoms with E-state index in [1.807, 2.05) is 15.4 Å². The molecule has 3 aromatic rings. The average Bonchev–Trinajstić information content (AvgIpc) is 3.15. The van der Waals surface area contributed by atoms with Crippen LogP contribution in [-0.2, 0) is 11.2 Å². The Kier molecular flexibility index (Phi) is 6.56. The molecule has 0 aliphatic carbocycles. The van der Waals surface area contributed by atoms with Crippen molar-refractivity contribution in [2.24, 2.45) is 0 Å². The van der Waals surface area contributed by atoms with Gasteiger partial charge >= 0.3 is 6.09 Å². The number of likely N-dealkylation sites (tertiary alicyclic amines) is 1. The number of hydrogen-bond donors (Lipinski definition) is 3. The van der Waals surface area contributed by atoms with E-state index in [-0.39, 0.29) is 13.1 Å². The number of fused-ring (bicyclic) bond motifs is 1. The van der Waals surface area contributed by atoms with Gasteiger partial charge in [0.25, 0.3) is 0 Å². The molecule has 0 atom stereocenters. The van der Waals surface area contributed by atoms with E-state index in [1.54, 1.807) is 45.3 Å². The minimum atomic E-state index is -1.51. The fraction of sp³-hybridized carbons (Fsp3) is 0.458. The van der Waals surface area contributed by atoms with Crippen molar-refractivity contribution in [1.29, 1.82) is 0 Å². The van der Waals surface area contributed by atoms with Crippen LogP contribution in [0, 0.1) is 0 Å². The van der Waals surface area contributed by atoms with Crippen LogP contribution in [0.15, 0.2) is 30.6 Å². The second-order valence-corrected chi connectivity index (χ2v) is 9.72. The molecule has 0 spiro atoms. The highest BCUT2D eigenvalue weighted by atomic mass is 19.1. The number of aliphatic hydroxyl groups excluding tert-OH is 1. The number of ether oxygens (including phenoxy) is 2. The second kappa shape index (κ2) is 9.31.